The van der Waals surface area contributed by atoms with Crippen molar-refractivity contribution < 1.29 is 9.59 Å². The summed E-state index contributed by atoms with van der Waals surface area (Å²) in [5.41, 5.74) is 10.8. The van der Waals surface area contributed by atoms with Crippen LogP contribution in [0.4, 0.5) is 0 Å². The maximum Gasteiger partial charge on any atom is 0.222 e. The Hall–Kier alpha value is -1.10. The van der Waals surface area contributed by atoms with Crippen LogP contribution >= 0.6 is 0 Å². The van der Waals surface area contributed by atoms with E-state index in [1.807, 2.05) is 18.7 Å². The molecule has 0 spiro atoms. The van der Waals surface area contributed by atoms with Gasteiger partial charge in [0, 0.05) is 31.0 Å². The lowest BCUT2D eigenvalue weighted by atomic mass is 9.95. The Bertz CT molecular complexity index is 289. The predicted molar refractivity (Wildman–Crippen MR) is 66.0 cm³/mol. The minimum atomic E-state index is -0.304. The van der Waals surface area contributed by atoms with Crippen molar-refractivity contribution in [1.29, 1.82) is 0 Å². The van der Waals surface area contributed by atoms with Crippen molar-refractivity contribution in [3.8, 4) is 0 Å². The number of hydrogen-bond acceptors (Lipinski definition) is 3. The molecule has 0 aromatic rings. The Kier molecular flexibility index (Phi) is 4.51. The molecule has 5 nitrogen and oxygen atoms in total. The van der Waals surface area contributed by atoms with E-state index in [2.05, 4.69) is 0 Å². The molecule has 5 heteroatoms. The Labute approximate surface area is 103 Å². The molecule has 0 bridgehead atoms. The van der Waals surface area contributed by atoms with Gasteiger partial charge < -0.3 is 16.4 Å². The normalized spacial score (nSPS) is 18.2. The molecule has 0 radical (unpaired) electrons. The Morgan fingerprint density at radius 1 is 1.29 bits per heavy atom. The van der Waals surface area contributed by atoms with Crippen LogP contribution in [0.5, 0.6) is 0 Å². The first-order valence-electron chi connectivity index (χ1n) is 6.15. The molecule has 98 valence electrons. The lowest BCUT2D eigenvalue weighted by Crippen LogP contribution is -2.42. The molecule has 0 unspecified atom stereocenters. The second-order valence-electron chi connectivity index (χ2n) is 5.55. The summed E-state index contributed by atoms with van der Waals surface area (Å²) in [4.78, 5) is 24.7. The van der Waals surface area contributed by atoms with Crippen molar-refractivity contribution in [3.05, 3.63) is 0 Å². The second kappa shape index (κ2) is 5.49. The second-order valence-corrected chi connectivity index (χ2v) is 5.55. The molecule has 1 aliphatic rings. The number of rotatable bonds is 4. The molecule has 1 fully saturated rings. The molecule has 2 amide bonds. The highest BCUT2D eigenvalue weighted by Crippen LogP contribution is 2.18. The maximum atomic E-state index is 11.9. The Morgan fingerprint density at radius 2 is 1.82 bits per heavy atom. The van der Waals surface area contributed by atoms with Gasteiger partial charge in [0.2, 0.25) is 11.8 Å². The number of hydrogen-bond donors (Lipinski definition) is 2. The fourth-order valence-electron chi connectivity index (χ4n) is 2.00. The van der Waals surface area contributed by atoms with Gasteiger partial charge >= 0.3 is 0 Å². The van der Waals surface area contributed by atoms with Gasteiger partial charge in [-0.05, 0) is 33.1 Å². The van der Waals surface area contributed by atoms with E-state index in [4.69, 9.17) is 11.5 Å². The van der Waals surface area contributed by atoms with Crippen LogP contribution < -0.4 is 11.5 Å². The molecule has 1 rings (SSSR count). The molecule has 17 heavy (non-hydrogen) atoms. The Balaban J connectivity index is 2.33. The van der Waals surface area contributed by atoms with E-state index in [0.717, 1.165) is 0 Å². The monoisotopic (exact) mass is 241 g/mol. The first kappa shape index (κ1) is 14.0. The standard InChI is InChI=1S/C12H23N3O2/c1-12(2,14)6-3-10(16)15-7-4-9(5-8-15)11(13)17/h9H,3-8,14H2,1-2H3,(H2,13,17). The van der Waals surface area contributed by atoms with Crippen LogP contribution in [0, 0.1) is 5.92 Å². The van der Waals surface area contributed by atoms with Gasteiger partial charge in [-0.3, -0.25) is 9.59 Å². The lowest BCUT2D eigenvalue weighted by Gasteiger charge is -2.31. The Morgan fingerprint density at radius 3 is 2.24 bits per heavy atom. The predicted octanol–water partition coefficient (Wildman–Crippen LogP) is 0.228. The van der Waals surface area contributed by atoms with Gasteiger partial charge in [-0.1, -0.05) is 0 Å². The van der Waals surface area contributed by atoms with Crippen LogP contribution in [0.25, 0.3) is 0 Å². The molecule has 0 saturated carbocycles. The van der Waals surface area contributed by atoms with Gasteiger partial charge in [0.25, 0.3) is 0 Å². The van der Waals surface area contributed by atoms with Crippen molar-refractivity contribution in [2.24, 2.45) is 17.4 Å². The number of carbonyl (C=O) groups excluding carboxylic acids is 2. The van der Waals surface area contributed by atoms with Gasteiger partial charge in [0.05, 0.1) is 0 Å². The molecule has 0 aromatic carbocycles. The van der Waals surface area contributed by atoms with Gasteiger partial charge in [-0.2, -0.15) is 0 Å². The highest BCUT2D eigenvalue weighted by molar-refractivity contribution is 5.78. The van der Waals surface area contributed by atoms with Crippen molar-refractivity contribution in [2.75, 3.05) is 13.1 Å². The summed E-state index contributed by atoms with van der Waals surface area (Å²) in [6, 6.07) is 0. The zero-order valence-corrected chi connectivity index (χ0v) is 10.7. The van der Waals surface area contributed by atoms with Crippen LogP contribution in [0.3, 0.4) is 0 Å². The van der Waals surface area contributed by atoms with E-state index in [1.165, 1.54) is 0 Å². The molecule has 0 aliphatic carbocycles. The summed E-state index contributed by atoms with van der Waals surface area (Å²) in [7, 11) is 0. The average Bonchev–Trinajstić information content (AvgIpc) is 2.25. The molecule has 1 saturated heterocycles. The summed E-state index contributed by atoms with van der Waals surface area (Å²) < 4.78 is 0. The summed E-state index contributed by atoms with van der Waals surface area (Å²) in [6.07, 6.45) is 2.53. The van der Waals surface area contributed by atoms with E-state index in [9.17, 15) is 9.59 Å². The third-order valence-electron chi connectivity index (χ3n) is 3.23. The fraction of sp³-hybridized carbons (Fsp3) is 0.833. The molecule has 0 aromatic heterocycles. The third kappa shape index (κ3) is 4.73. The van der Waals surface area contributed by atoms with E-state index >= 15 is 0 Å². The smallest absolute Gasteiger partial charge is 0.222 e. The van der Waals surface area contributed by atoms with Gasteiger partial charge in [-0.25, -0.2) is 0 Å². The van der Waals surface area contributed by atoms with Gasteiger partial charge in [0.15, 0.2) is 0 Å². The summed E-state index contributed by atoms with van der Waals surface area (Å²) >= 11 is 0. The lowest BCUT2D eigenvalue weighted by molar-refractivity contribution is -0.135. The van der Waals surface area contributed by atoms with E-state index < -0.39 is 0 Å². The van der Waals surface area contributed by atoms with Crippen molar-refractivity contribution in [2.45, 2.75) is 45.1 Å². The fourth-order valence-corrected chi connectivity index (χ4v) is 2.00. The van der Waals surface area contributed by atoms with Crippen LogP contribution in [0.1, 0.15) is 39.5 Å². The number of carbonyl (C=O) groups is 2. The van der Waals surface area contributed by atoms with E-state index in [1.54, 1.807) is 0 Å². The summed E-state index contributed by atoms with van der Waals surface area (Å²) in [5, 5.41) is 0. The van der Waals surface area contributed by atoms with Gasteiger partial charge in [0.1, 0.15) is 0 Å². The zero-order valence-electron chi connectivity index (χ0n) is 10.7. The van der Waals surface area contributed by atoms with Crippen molar-refractivity contribution in [3.63, 3.8) is 0 Å². The molecule has 1 aliphatic heterocycles. The third-order valence-corrected chi connectivity index (χ3v) is 3.23. The number of amides is 2. The SMILES string of the molecule is CC(C)(N)CCC(=O)N1CCC(C(N)=O)CC1. The maximum absolute atomic E-state index is 11.9. The first-order valence-corrected chi connectivity index (χ1v) is 6.15. The topological polar surface area (TPSA) is 89.4 Å². The highest BCUT2D eigenvalue weighted by atomic mass is 16.2. The highest BCUT2D eigenvalue weighted by Gasteiger charge is 2.26. The molecular weight excluding hydrogens is 218 g/mol. The molecule has 4 N–H and O–H groups in total. The minimum Gasteiger partial charge on any atom is -0.369 e. The number of piperidine rings is 1. The number of nitrogens with two attached hydrogens (primary N) is 2. The number of likely N-dealkylation sites (tertiary alicyclic amines) is 1. The van der Waals surface area contributed by atoms with E-state index in [-0.39, 0.29) is 23.3 Å². The summed E-state index contributed by atoms with van der Waals surface area (Å²) in [5.74, 6) is -0.184. The van der Waals surface area contributed by atoms with Crippen molar-refractivity contribution in [1.82, 2.24) is 4.90 Å². The van der Waals surface area contributed by atoms with Crippen LogP contribution in [0.2, 0.25) is 0 Å². The molecular formula is C12H23N3O2. The average molecular weight is 241 g/mol. The quantitative estimate of drug-likeness (QED) is 0.738. The van der Waals surface area contributed by atoms with Crippen molar-refractivity contribution >= 4 is 11.8 Å². The van der Waals surface area contributed by atoms with Crippen LogP contribution in [-0.2, 0) is 9.59 Å². The van der Waals surface area contributed by atoms with Crippen LogP contribution in [-0.4, -0.2) is 35.3 Å². The number of nitrogens with zero attached hydrogens (tertiary/aromatic N) is 1. The van der Waals surface area contributed by atoms with Gasteiger partial charge in [-0.15, -0.1) is 0 Å². The minimum absolute atomic E-state index is 0.0648. The largest absolute Gasteiger partial charge is 0.369 e. The van der Waals surface area contributed by atoms with Crippen LogP contribution in [0.15, 0.2) is 0 Å². The summed E-state index contributed by atoms with van der Waals surface area (Å²) in [6.45, 7) is 5.11. The van der Waals surface area contributed by atoms with E-state index in [0.29, 0.717) is 38.8 Å². The first-order chi connectivity index (χ1) is 7.79. The zero-order chi connectivity index (χ0) is 13.1. The molecule has 1 heterocycles. The number of primary amides is 1. The molecule has 0 atom stereocenters.